The second-order valence-corrected chi connectivity index (χ2v) is 8.68. The van der Waals surface area contributed by atoms with Crippen LogP contribution in [-0.4, -0.2) is 59.1 Å². The highest BCUT2D eigenvalue weighted by atomic mass is 19.3. The molecule has 1 aromatic carbocycles. The summed E-state index contributed by atoms with van der Waals surface area (Å²) in [5, 5.41) is 4.40. The lowest BCUT2D eigenvalue weighted by molar-refractivity contribution is -0.117. The zero-order valence-corrected chi connectivity index (χ0v) is 18.0. The van der Waals surface area contributed by atoms with E-state index in [-0.39, 0.29) is 18.0 Å². The fourth-order valence-electron chi connectivity index (χ4n) is 4.25. The Morgan fingerprint density at radius 1 is 1.12 bits per heavy atom. The van der Waals surface area contributed by atoms with Gasteiger partial charge in [0.25, 0.3) is 5.92 Å². The normalized spacial score (nSPS) is 26.3. The van der Waals surface area contributed by atoms with E-state index in [1.807, 2.05) is 23.9 Å². The van der Waals surface area contributed by atoms with Crippen LogP contribution in [0.25, 0.3) is 11.1 Å². The Kier molecular flexibility index (Phi) is 4.74. The van der Waals surface area contributed by atoms with Gasteiger partial charge in [-0.2, -0.15) is 5.10 Å². The fraction of sp³-hybridized carbons (Fsp3) is 0.500. The predicted molar refractivity (Wildman–Crippen MR) is 112 cm³/mol. The number of nitrogens with zero attached hydrogens (tertiary/aromatic N) is 4. The molecule has 0 radical (unpaired) electrons. The van der Waals surface area contributed by atoms with Gasteiger partial charge in [0.05, 0.1) is 55.3 Å². The maximum atomic E-state index is 13.4. The van der Waals surface area contributed by atoms with Gasteiger partial charge in [-0.1, -0.05) is 6.07 Å². The molecule has 1 aliphatic carbocycles. The summed E-state index contributed by atoms with van der Waals surface area (Å²) in [6.07, 6.45) is 0.922. The minimum absolute atomic E-state index is 0.169. The molecule has 3 atom stereocenters. The van der Waals surface area contributed by atoms with E-state index in [0.717, 1.165) is 11.1 Å². The van der Waals surface area contributed by atoms with Crippen molar-refractivity contribution in [3.05, 3.63) is 30.6 Å². The van der Waals surface area contributed by atoms with Crippen LogP contribution in [0.4, 0.5) is 25.0 Å². The van der Waals surface area contributed by atoms with Crippen LogP contribution in [0.1, 0.15) is 33.2 Å². The summed E-state index contributed by atoms with van der Waals surface area (Å²) < 4.78 is 38.9. The van der Waals surface area contributed by atoms with E-state index >= 15 is 0 Å². The maximum Gasteiger partial charge on any atom is 0.415 e. The molecule has 2 aliphatic heterocycles. The molecule has 1 saturated carbocycles. The highest BCUT2D eigenvalue weighted by Crippen LogP contribution is 2.46. The first-order chi connectivity index (χ1) is 15.2. The van der Waals surface area contributed by atoms with Gasteiger partial charge in [-0.25, -0.2) is 13.6 Å². The van der Waals surface area contributed by atoms with E-state index in [4.69, 9.17) is 9.47 Å². The number of fused-ring (bicyclic) bond motifs is 1. The van der Waals surface area contributed by atoms with Crippen LogP contribution < -0.4 is 9.80 Å². The third kappa shape index (κ3) is 3.33. The molecule has 10 heteroatoms. The Bertz CT molecular complexity index is 1080. The van der Waals surface area contributed by atoms with Crippen LogP contribution >= 0.6 is 0 Å². The number of rotatable bonds is 3. The van der Waals surface area contributed by atoms with Gasteiger partial charge >= 0.3 is 6.09 Å². The lowest BCUT2D eigenvalue weighted by atomic mass is 9.98. The number of hydrogen-bond acceptors (Lipinski definition) is 5. The van der Waals surface area contributed by atoms with Gasteiger partial charge in [-0.05, 0) is 31.5 Å². The number of halogens is 2. The van der Waals surface area contributed by atoms with Crippen LogP contribution in [-0.2, 0) is 14.3 Å². The first kappa shape index (κ1) is 20.9. The minimum atomic E-state index is -2.98. The number of amides is 2. The van der Waals surface area contributed by atoms with E-state index in [9.17, 15) is 18.4 Å². The van der Waals surface area contributed by atoms with Crippen LogP contribution in [0.15, 0.2) is 30.6 Å². The van der Waals surface area contributed by atoms with E-state index < -0.39 is 30.6 Å². The molecule has 32 heavy (non-hydrogen) atoms. The van der Waals surface area contributed by atoms with Gasteiger partial charge < -0.3 is 14.4 Å². The van der Waals surface area contributed by atoms with E-state index in [0.29, 0.717) is 24.6 Å². The molecular weight excluding hydrogens is 422 g/mol. The quantitative estimate of drug-likeness (QED) is 0.720. The molecule has 3 aliphatic rings. The summed E-state index contributed by atoms with van der Waals surface area (Å²) in [4.78, 5) is 28.4. The standard InChI is InChI=1S/C22H24F2N4O4/c1-12-13(2)28(21(30)32-20-7-22(20,23)24)19-6-15(4-5-18(19)27(12)14(3)29)16-8-25-26(9-16)17-10-31-11-17/h4-6,8-9,12-13,17,20H,7,10-11H2,1-3H3/t12-,13?,20?/m0/s1. The number of hydrogen-bond donors (Lipinski definition) is 0. The molecule has 0 bridgehead atoms. The molecule has 0 spiro atoms. The Hall–Kier alpha value is -3.01. The van der Waals surface area contributed by atoms with E-state index in [1.54, 1.807) is 30.2 Å². The summed E-state index contributed by atoms with van der Waals surface area (Å²) >= 11 is 0. The third-order valence-electron chi connectivity index (χ3n) is 6.48. The smallest absolute Gasteiger partial charge is 0.415 e. The summed E-state index contributed by atoms with van der Waals surface area (Å²) in [5.41, 5.74) is 2.60. The first-order valence-electron chi connectivity index (χ1n) is 10.6. The van der Waals surface area contributed by atoms with E-state index in [2.05, 4.69) is 5.10 Å². The molecule has 2 amide bonds. The zero-order chi connectivity index (χ0) is 22.8. The SMILES string of the molecule is CC(=O)N1c2ccc(-c3cnn(C4COC4)c3)cc2N(C(=O)OC2CC2(F)F)C(C)[C@@H]1C. The Balaban J connectivity index is 1.53. The van der Waals surface area contributed by atoms with Gasteiger partial charge in [0.2, 0.25) is 5.91 Å². The Morgan fingerprint density at radius 3 is 2.41 bits per heavy atom. The number of ether oxygens (including phenoxy) is 2. The van der Waals surface area contributed by atoms with Crippen molar-refractivity contribution in [1.29, 1.82) is 0 Å². The Labute approximate surface area is 183 Å². The average Bonchev–Trinajstić information content (AvgIpc) is 3.07. The highest BCUT2D eigenvalue weighted by molar-refractivity contribution is 6.03. The van der Waals surface area contributed by atoms with Gasteiger partial charge in [0.1, 0.15) is 0 Å². The molecular formula is C22H24F2N4O4. The molecule has 2 aromatic rings. The predicted octanol–water partition coefficient (Wildman–Crippen LogP) is 3.62. The summed E-state index contributed by atoms with van der Waals surface area (Å²) in [6, 6.07) is 4.76. The van der Waals surface area contributed by atoms with Crippen molar-refractivity contribution in [3.8, 4) is 11.1 Å². The summed E-state index contributed by atoms with van der Waals surface area (Å²) in [6.45, 7) is 6.28. The van der Waals surface area contributed by atoms with Crippen molar-refractivity contribution in [2.75, 3.05) is 23.0 Å². The third-order valence-corrected chi connectivity index (χ3v) is 6.48. The topological polar surface area (TPSA) is 76.9 Å². The molecule has 2 fully saturated rings. The second kappa shape index (κ2) is 7.26. The number of alkyl halides is 2. The van der Waals surface area contributed by atoms with Crippen molar-refractivity contribution in [2.45, 2.75) is 57.3 Å². The number of benzene rings is 1. The van der Waals surface area contributed by atoms with Crippen molar-refractivity contribution in [3.63, 3.8) is 0 Å². The molecule has 0 N–H and O–H groups in total. The summed E-state index contributed by atoms with van der Waals surface area (Å²) in [7, 11) is 0. The number of anilines is 2. The molecule has 170 valence electrons. The van der Waals surface area contributed by atoms with Crippen molar-refractivity contribution in [2.24, 2.45) is 0 Å². The van der Waals surface area contributed by atoms with E-state index in [1.165, 1.54) is 11.8 Å². The highest BCUT2D eigenvalue weighted by Gasteiger charge is 2.61. The molecule has 3 heterocycles. The van der Waals surface area contributed by atoms with Gasteiger partial charge in [-0.15, -0.1) is 0 Å². The van der Waals surface area contributed by atoms with Gasteiger partial charge in [-0.3, -0.25) is 14.4 Å². The zero-order valence-electron chi connectivity index (χ0n) is 18.0. The number of carbonyl (C=O) groups excluding carboxylic acids is 2. The van der Waals surface area contributed by atoms with Gasteiger partial charge in [0, 0.05) is 18.7 Å². The maximum absolute atomic E-state index is 13.4. The van der Waals surface area contributed by atoms with Crippen molar-refractivity contribution >= 4 is 23.4 Å². The lowest BCUT2D eigenvalue weighted by Crippen LogP contribution is -2.57. The second-order valence-electron chi connectivity index (χ2n) is 8.68. The fourth-order valence-corrected chi connectivity index (χ4v) is 4.25. The van der Waals surface area contributed by atoms with Crippen molar-refractivity contribution < 1.29 is 27.8 Å². The molecule has 2 unspecified atom stereocenters. The molecule has 5 rings (SSSR count). The monoisotopic (exact) mass is 446 g/mol. The largest absolute Gasteiger partial charge is 0.439 e. The lowest BCUT2D eigenvalue weighted by Gasteiger charge is -2.45. The molecule has 1 saturated heterocycles. The molecule has 8 nitrogen and oxygen atoms in total. The first-order valence-corrected chi connectivity index (χ1v) is 10.6. The molecule has 1 aromatic heterocycles. The summed E-state index contributed by atoms with van der Waals surface area (Å²) in [5.74, 6) is -3.14. The van der Waals surface area contributed by atoms with Crippen molar-refractivity contribution in [1.82, 2.24) is 9.78 Å². The average molecular weight is 446 g/mol. The number of carbonyl (C=O) groups is 2. The number of aromatic nitrogens is 2. The Morgan fingerprint density at radius 2 is 1.81 bits per heavy atom. The van der Waals surface area contributed by atoms with Crippen LogP contribution in [0.2, 0.25) is 0 Å². The van der Waals surface area contributed by atoms with Crippen LogP contribution in [0.3, 0.4) is 0 Å². The van der Waals surface area contributed by atoms with Crippen LogP contribution in [0, 0.1) is 0 Å². The van der Waals surface area contributed by atoms with Crippen LogP contribution in [0.5, 0.6) is 0 Å². The van der Waals surface area contributed by atoms with Gasteiger partial charge in [0.15, 0.2) is 6.10 Å². The minimum Gasteiger partial charge on any atom is -0.439 e.